The summed E-state index contributed by atoms with van der Waals surface area (Å²) in [5, 5.41) is 13.9. The fraction of sp³-hybridized carbons (Fsp3) is 0.615. The molecule has 0 spiro atoms. The Hall–Kier alpha value is -1.60. The molecule has 1 fully saturated rings. The van der Waals surface area contributed by atoms with E-state index in [-0.39, 0.29) is 17.3 Å². The normalized spacial score (nSPS) is 21.8. The molecule has 8 heteroatoms. The number of hydrogen-bond donors (Lipinski definition) is 1. The molecule has 0 saturated carbocycles. The minimum Gasteiger partial charge on any atom is -0.479 e. The van der Waals surface area contributed by atoms with Crippen molar-refractivity contribution >= 4 is 23.5 Å². The Labute approximate surface area is 127 Å². The lowest BCUT2D eigenvalue weighted by atomic mass is 9.97. The van der Waals surface area contributed by atoms with Crippen LogP contribution in [0.15, 0.2) is 0 Å². The number of hydrogen-bond acceptors (Lipinski definition) is 4. The zero-order chi connectivity index (χ0) is 15.8. The van der Waals surface area contributed by atoms with Gasteiger partial charge in [-0.25, -0.2) is 4.79 Å². The molecule has 1 atom stereocenters. The lowest BCUT2D eigenvalue weighted by molar-refractivity contribution is -0.151. The molecule has 1 amide bonds. The third-order valence-corrected chi connectivity index (χ3v) is 4.43. The van der Waals surface area contributed by atoms with Crippen LogP contribution in [0.25, 0.3) is 0 Å². The summed E-state index contributed by atoms with van der Waals surface area (Å²) in [5.74, 6) is -1.54. The number of likely N-dealkylation sites (tertiary alicyclic amines) is 1. The van der Waals surface area contributed by atoms with Gasteiger partial charge in [0.05, 0.1) is 17.3 Å². The van der Waals surface area contributed by atoms with Crippen molar-refractivity contribution in [2.24, 2.45) is 7.05 Å². The van der Waals surface area contributed by atoms with Crippen LogP contribution in [0.5, 0.6) is 0 Å². The number of aliphatic carboxylic acids is 1. The number of carbonyl (C=O) groups excluding carboxylic acids is 1. The first-order valence-electron chi connectivity index (χ1n) is 6.58. The molecule has 0 bridgehead atoms. The standard InChI is InChI=1S/C13H18ClN3O4/c1-8-9(14)10(15-16(8)2)11(18)17-6-4-5-13(17,7-21-3)12(19)20/h4-7H2,1-3H3,(H,19,20). The van der Waals surface area contributed by atoms with Crippen molar-refractivity contribution in [2.75, 3.05) is 20.3 Å². The molecule has 2 heterocycles. The van der Waals surface area contributed by atoms with Crippen molar-refractivity contribution < 1.29 is 19.4 Å². The van der Waals surface area contributed by atoms with Gasteiger partial charge in [-0.3, -0.25) is 9.48 Å². The molecule has 0 aromatic carbocycles. The van der Waals surface area contributed by atoms with E-state index in [1.165, 1.54) is 16.7 Å². The van der Waals surface area contributed by atoms with Crippen LogP contribution in [0, 0.1) is 6.92 Å². The van der Waals surface area contributed by atoms with Crippen LogP contribution in [-0.4, -0.2) is 57.5 Å². The molecule has 1 N–H and O–H groups in total. The fourth-order valence-corrected chi connectivity index (χ4v) is 2.94. The molecule has 21 heavy (non-hydrogen) atoms. The zero-order valence-electron chi connectivity index (χ0n) is 12.2. The first-order chi connectivity index (χ1) is 9.85. The van der Waals surface area contributed by atoms with Crippen LogP contribution in [0.3, 0.4) is 0 Å². The summed E-state index contributed by atoms with van der Waals surface area (Å²) in [6, 6.07) is 0. The first-order valence-corrected chi connectivity index (χ1v) is 6.96. The van der Waals surface area contributed by atoms with E-state index in [1.807, 2.05) is 0 Å². The summed E-state index contributed by atoms with van der Waals surface area (Å²) in [4.78, 5) is 25.7. The Bertz CT molecular complexity index is 586. The number of carbonyl (C=O) groups is 2. The van der Waals surface area contributed by atoms with E-state index in [4.69, 9.17) is 16.3 Å². The van der Waals surface area contributed by atoms with E-state index in [0.717, 1.165) is 0 Å². The second-order valence-corrected chi connectivity index (χ2v) is 5.58. The van der Waals surface area contributed by atoms with Crippen LogP contribution in [-0.2, 0) is 16.6 Å². The van der Waals surface area contributed by atoms with Gasteiger partial charge in [-0.1, -0.05) is 11.6 Å². The number of rotatable bonds is 4. The summed E-state index contributed by atoms with van der Waals surface area (Å²) >= 11 is 6.13. The second kappa shape index (κ2) is 5.65. The molecule has 1 aromatic heterocycles. The van der Waals surface area contributed by atoms with Crippen LogP contribution in [0.1, 0.15) is 29.0 Å². The molecule has 116 valence electrons. The number of halogens is 1. The zero-order valence-corrected chi connectivity index (χ0v) is 13.0. The summed E-state index contributed by atoms with van der Waals surface area (Å²) < 4.78 is 6.54. The molecular formula is C13H18ClN3O4. The molecule has 1 aliphatic heterocycles. The Morgan fingerprint density at radius 1 is 1.52 bits per heavy atom. The smallest absolute Gasteiger partial charge is 0.332 e. The molecule has 7 nitrogen and oxygen atoms in total. The van der Waals surface area contributed by atoms with Crippen LogP contribution in [0.2, 0.25) is 5.02 Å². The maximum absolute atomic E-state index is 12.7. The monoisotopic (exact) mass is 315 g/mol. The Balaban J connectivity index is 2.41. The largest absolute Gasteiger partial charge is 0.479 e. The first kappa shape index (κ1) is 15.8. The quantitative estimate of drug-likeness (QED) is 0.899. The number of amides is 1. The van der Waals surface area contributed by atoms with Crippen molar-refractivity contribution in [3.63, 3.8) is 0 Å². The number of aryl methyl sites for hydroxylation is 1. The van der Waals surface area contributed by atoms with E-state index in [9.17, 15) is 14.7 Å². The Morgan fingerprint density at radius 3 is 2.67 bits per heavy atom. The van der Waals surface area contributed by atoms with Gasteiger partial charge in [0.2, 0.25) is 0 Å². The predicted octanol–water partition coefficient (Wildman–Crippen LogP) is 1.09. The minimum atomic E-state index is -1.35. The Morgan fingerprint density at radius 2 is 2.19 bits per heavy atom. The lowest BCUT2D eigenvalue weighted by Crippen LogP contribution is -2.56. The fourth-order valence-electron chi connectivity index (χ4n) is 2.69. The van der Waals surface area contributed by atoms with E-state index in [0.29, 0.717) is 25.1 Å². The van der Waals surface area contributed by atoms with E-state index >= 15 is 0 Å². The highest BCUT2D eigenvalue weighted by atomic mass is 35.5. The van der Waals surface area contributed by atoms with Gasteiger partial charge in [0.15, 0.2) is 11.2 Å². The topological polar surface area (TPSA) is 84.7 Å². The number of methoxy groups -OCH3 is 1. The van der Waals surface area contributed by atoms with E-state index in [1.54, 1.807) is 14.0 Å². The SMILES string of the molecule is COCC1(C(=O)O)CCCN1C(=O)c1nn(C)c(C)c1Cl. The average Bonchev–Trinajstić information content (AvgIpc) is 2.97. The van der Waals surface area contributed by atoms with E-state index in [2.05, 4.69) is 5.10 Å². The van der Waals surface area contributed by atoms with Gasteiger partial charge in [0, 0.05) is 20.7 Å². The highest BCUT2D eigenvalue weighted by Gasteiger charge is 2.51. The average molecular weight is 316 g/mol. The third kappa shape index (κ3) is 2.40. The Kier molecular flexibility index (Phi) is 4.25. The number of carboxylic acid groups (broad SMARTS) is 1. The van der Waals surface area contributed by atoms with Crippen LogP contribution >= 0.6 is 11.6 Å². The number of aromatic nitrogens is 2. The summed E-state index contributed by atoms with van der Waals surface area (Å²) in [6.45, 7) is 2.04. The predicted molar refractivity (Wildman–Crippen MR) is 75.5 cm³/mol. The number of carboxylic acids is 1. The lowest BCUT2D eigenvalue weighted by Gasteiger charge is -2.33. The van der Waals surface area contributed by atoms with Crippen LogP contribution < -0.4 is 0 Å². The van der Waals surface area contributed by atoms with Gasteiger partial charge in [0.1, 0.15) is 0 Å². The van der Waals surface area contributed by atoms with Crippen LogP contribution in [0.4, 0.5) is 0 Å². The maximum Gasteiger partial charge on any atom is 0.332 e. The van der Waals surface area contributed by atoms with Crippen molar-refractivity contribution in [3.8, 4) is 0 Å². The number of ether oxygens (including phenoxy) is 1. The van der Waals surface area contributed by atoms with Gasteiger partial charge in [-0.2, -0.15) is 5.10 Å². The summed E-state index contributed by atoms with van der Waals surface area (Å²) in [7, 11) is 3.10. The number of nitrogens with zero attached hydrogens (tertiary/aromatic N) is 3. The second-order valence-electron chi connectivity index (χ2n) is 5.20. The maximum atomic E-state index is 12.7. The third-order valence-electron chi connectivity index (χ3n) is 3.98. The molecule has 1 unspecified atom stereocenters. The molecule has 2 rings (SSSR count). The molecule has 1 saturated heterocycles. The molecule has 0 radical (unpaired) electrons. The summed E-state index contributed by atoms with van der Waals surface area (Å²) in [6.07, 6.45) is 0.955. The highest BCUT2D eigenvalue weighted by Crippen LogP contribution is 2.33. The van der Waals surface area contributed by atoms with Crippen molar-refractivity contribution in [1.82, 2.24) is 14.7 Å². The van der Waals surface area contributed by atoms with E-state index < -0.39 is 17.4 Å². The highest BCUT2D eigenvalue weighted by molar-refractivity contribution is 6.34. The minimum absolute atomic E-state index is 0.0580. The molecule has 1 aromatic rings. The van der Waals surface area contributed by atoms with Gasteiger partial charge < -0.3 is 14.7 Å². The van der Waals surface area contributed by atoms with Crippen molar-refractivity contribution in [2.45, 2.75) is 25.3 Å². The summed E-state index contributed by atoms with van der Waals surface area (Å²) in [5.41, 5.74) is -0.604. The molecule has 0 aliphatic carbocycles. The van der Waals surface area contributed by atoms with Gasteiger partial charge in [-0.15, -0.1) is 0 Å². The molecule has 1 aliphatic rings. The van der Waals surface area contributed by atoms with Crippen molar-refractivity contribution in [1.29, 1.82) is 0 Å². The van der Waals surface area contributed by atoms with Gasteiger partial charge in [0.25, 0.3) is 5.91 Å². The molecular weight excluding hydrogens is 298 g/mol. The van der Waals surface area contributed by atoms with Crippen molar-refractivity contribution in [3.05, 3.63) is 16.4 Å². The van der Waals surface area contributed by atoms with Gasteiger partial charge in [-0.05, 0) is 19.8 Å². The van der Waals surface area contributed by atoms with Gasteiger partial charge >= 0.3 is 5.97 Å².